The normalized spacial score (nSPS) is 15.1. The van der Waals surface area contributed by atoms with E-state index in [1.807, 2.05) is 37.3 Å². The zero-order chi connectivity index (χ0) is 24.2. The van der Waals surface area contributed by atoms with Crippen LogP contribution in [0.2, 0.25) is 0 Å². The van der Waals surface area contributed by atoms with Gasteiger partial charge in [0.05, 0.1) is 5.69 Å². The number of benzene rings is 2. The number of phenolic OH excluding ortho intramolecular Hbond substituents is 1. The average Bonchev–Trinajstić information content (AvgIpc) is 2.81. The number of aryl methyl sites for hydroxylation is 2. The number of ketones is 2. The van der Waals surface area contributed by atoms with Crippen molar-refractivity contribution in [2.75, 3.05) is 0 Å². The molecule has 2 aliphatic rings. The van der Waals surface area contributed by atoms with E-state index in [1.54, 1.807) is 12.3 Å². The van der Waals surface area contributed by atoms with E-state index < -0.39 is 0 Å². The number of aromatic hydroxyl groups is 1. The highest BCUT2D eigenvalue weighted by Gasteiger charge is 2.22. The van der Waals surface area contributed by atoms with Gasteiger partial charge < -0.3 is 9.84 Å². The van der Waals surface area contributed by atoms with Crippen molar-refractivity contribution >= 4 is 56.9 Å². The molecule has 1 N–H and O–H groups in total. The van der Waals surface area contributed by atoms with Gasteiger partial charge >= 0.3 is 0 Å². The first-order valence-electron chi connectivity index (χ1n) is 11.2. The Hall–Kier alpha value is -2.16. The quantitative estimate of drug-likeness (QED) is 0.368. The molecule has 5 nitrogen and oxygen atoms in total. The molecule has 0 spiro atoms. The fraction of sp³-hybridized carbons (Fsp3) is 0.296. The SMILES string of the molecule is C[C@H](Oc1cc(Br)cc2c1CC(=O)CC2)c1ccccn1.O=C1CCc2cc(Br)cc(O)c2C1.S. The van der Waals surface area contributed by atoms with E-state index in [0.29, 0.717) is 25.7 Å². The number of hydrogen-bond acceptors (Lipinski definition) is 5. The second-order valence-electron chi connectivity index (χ2n) is 8.55. The molecule has 184 valence electrons. The van der Waals surface area contributed by atoms with Gasteiger partial charge in [0.1, 0.15) is 29.2 Å². The maximum Gasteiger partial charge on any atom is 0.138 e. The third-order valence-corrected chi connectivity index (χ3v) is 6.97. The second kappa shape index (κ2) is 12.2. The van der Waals surface area contributed by atoms with Gasteiger partial charge in [-0.15, -0.1) is 0 Å². The Balaban J connectivity index is 0.000000211. The van der Waals surface area contributed by atoms with Crippen LogP contribution in [0.15, 0.2) is 57.6 Å². The number of carbonyl (C=O) groups excluding carboxylic acids is 2. The molecule has 0 bridgehead atoms. The zero-order valence-corrected chi connectivity index (χ0v) is 23.5. The van der Waals surface area contributed by atoms with Gasteiger partial charge in [-0.2, -0.15) is 13.5 Å². The molecule has 35 heavy (non-hydrogen) atoms. The fourth-order valence-electron chi connectivity index (χ4n) is 4.29. The molecule has 2 aromatic carbocycles. The first-order chi connectivity index (χ1) is 16.3. The molecule has 0 unspecified atom stereocenters. The summed E-state index contributed by atoms with van der Waals surface area (Å²) in [6.45, 7) is 1.97. The third-order valence-electron chi connectivity index (χ3n) is 6.05. The smallest absolute Gasteiger partial charge is 0.138 e. The predicted molar refractivity (Wildman–Crippen MR) is 148 cm³/mol. The molecule has 0 radical (unpaired) electrons. The Morgan fingerprint density at radius 2 is 1.49 bits per heavy atom. The summed E-state index contributed by atoms with van der Waals surface area (Å²) in [4.78, 5) is 27.2. The molecular formula is C27H27Br2NO4S. The fourth-order valence-corrected chi connectivity index (χ4v) is 5.26. The number of phenols is 1. The minimum atomic E-state index is -0.151. The largest absolute Gasteiger partial charge is 0.508 e. The van der Waals surface area contributed by atoms with Gasteiger partial charge in [-0.3, -0.25) is 14.6 Å². The van der Waals surface area contributed by atoms with Crippen molar-refractivity contribution < 1.29 is 19.4 Å². The molecule has 0 fully saturated rings. The van der Waals surface area contributed by atoms with Gasteiger partial charge in [-0.25, -0.2) is 0 Å². The van der Waals surface area contributed by atoms with Crippen LogP contribution in [0, 0.1) is 0 Å². The Bertz CT molecular complexity index is 1230. The molecule has 0 saturated carbocycles. The molecule has 0 aliphatic heterocycles. The van der Waals surface area contributed by atoms with E-state index in [9.17, 15) is 14.7 Å². The van der Waals surface area contributed by atoms with E-state index >= 15 is 0 Å². The Labute approximate surface area is 229 Å². The first-order valence-corrected chi connectivity index (χ1v) is 12.8. The lowest BCUT2D eigenvalue weighted by atomic mass is 9.90. The first kappa shape index (κ1) is 27.4. The number of pyridine rings is 1. The Kier molecular flexibility index (Phi) is 9.55. The zero-order valence-electron chi connectivity index (χ0n) is 19.3. The van der Waals surface area contributed by atoms with E-state index in [1.165, 1.54) is 5.56 Å². The highest BCUT2D eigenvalue weighted by molar-refractivity contribution is 9.10. The number of ether oxygens (including phenoxy) is 1. The summed E-state index contributed by atoms with van der Waals surface area (Å²) < 4.78 is 7.94. The molecule has 3 aromatic rings. The Morgan fingerprint density at radius 1 is 0.886 bits per heavy atom. The number of Topliss-reactive ketones (excluding diaryl/α,β-unsaturated/α-hetero) is 2. The van der Waals surface area contributed by atoms with Gasteiger partial charge in [-0.1, -0.05) is 37.9 Å². The monoisotopic (exact) mass is 619 g/mol. The number of aromatic nitrogens is 1. The summed E-state index contributed by atoms with van der Waals surface area (Å²) in [5.41, 5.74) is 5.00. The third kappa shape index (κ3) is 6.96. The lowest BCUT2D eigenvalue weighted by molar-refractivity contribution is -0.119. The van der Waals surface area contributed by atoms with Crippen LogP contribution in [0.1, 0.15) is 53.8 Å². The topological polar surface area (TPSA) is 76.5 Å². The van der Waals surface area contributed by atoms with Crippen LogP contribution < -0.4 is 4.74 Å². The minimum absolute atomic E-state index is 0. The summed E-state index contributed by atoms with van der Waals surface area (Å²) in [6, 6.07) is 13.4. The number of nitrogens with zero attached hydrogens (tertiary/aromatic N) is 1. The Morgan fingerprint density at radius 3 is 2.11 bits per heavy atom. The van der Waals surface area contributed by atoms with Gasteiger partial charge in [-0.05, 0) is 67.3 Å². The molecule has 1 atom stereocenters. The summed E-state index contributed by atoms with van der Waals surface area (Å²) in [5, 5.41) is 9.57. The molecule has 1 aromatic heterocycles. The van der Waals surface area contributed by atoms with Gasteiger partial charge in [0.15, 0.2) is 0 Å². The lowest BCUT2D eigenvalue weighted by Crippen LogP contribution is -2.16. The summed E-state index contributed by atoms with van der Waals surface area (Å²) in [5.74, 6) is 1.51. The highest BCUT2D eigenvalue weighted by Crippen LogP contribution is 2.34. The minimum Gasteiger partial charge on any atom is -0.508 e. The van der Waals surface area contributed by atoms with Crippen molar-refractivity contribution in [3.63, 3.8) is 0 Å². The van der Waals surface area contributed by atoms with Crippen molar-refractivity contribution in [2.24, 2.45) is 0 Å². The van der Waals surface area contributed by atoms with E-state index in [4.69, 9.17) is 4.74 Å². The molecule has 1 heterocycles. The molecule has 2 aliphatic carbocycles. The van der Waals surface area contributed by atoms with Crippen molar-refractivity contribution in [3.05, 3.63) is 85.6 Å². The number of hydrogen-bond donors (Lipinski definition) is 1. The van der Waals surface area contributed by atoms with Crippen LogP contribution in [0.25, 0.3) is 0 Å². The number of carbonyl (C=O) groups is 2. The number of halogens is 2. The maximum atomic E-state index is 11.7. The van der Waals surface area contributed by atoms with Gasteiger partial charge in [0, 0.05) is 52.0 Å². The number of rotatable bonds is 3. The van der Waals surface area contributed by atoms with Crippen LogP contribution in [0.5, 0.6) is 11.5 Å². The van der Waals surface area contributed by atoms with Crippen LogP contribution in [0.4, 0.5) is 0 Å². The lowest BCUT2D eigenvalue weighted by Gasteiger charge is -2.22. The van der Waals surface area contributed by atoms with Crippen molar-refractivity contribution in [1.29, 1.82) is 0 Å². The standard InChI is InChI=1S/C17H16BrNO2.C10H9BrO2.H2S/c1-11(16-4-2-3-7-19-16)21-17-9-13(18)8-12-5-6-14(20)10-15(12)17;11-7-3-6-1-2-8(12)5-9(6)10(13)4-7;/h2-4,7-9,11H,5-6,10H2,1H3;3-4,13H,1-2,5H2;1H2/t11-;;/m0../s1. The maximum absolute atomic E-state index is 11.7. The number of fused-ring (bicyclic) bond motifs is 2. The van der Waals surface area contributed by atoms with E-state index in [0.717, 1.165) is 49.9 Å². The summed E-state index contributed by atoms with van der Waals surface area (Å²) in [6.07, 6.45) is 5.22. The highest BCUT2D eigenvalue weighted by atomic mass is 79.9. The molecule has 8 heteroatoms. The second-order valence-corrected chi connectivity index (χ2v) is 10.4. The average molecular weight is 621 g/mol. The predicted octanol–water partition coefficient (Wildman–Crippen LogP) is 6.37. The van der Waals surface area contributed by atoms with Crippen LogP contribution in [-0.2, 0) is 35.3 Å². The van der Waals surface area contributed by atoms with Crippen molar-refractivity contribution in [2.45, 2.75) is 51.6 Å². The molecule has 0 amide bonds. The molecular weight excluding hydrogens is 594 g/mol. The summed E-state index contributed by atoms with van der Waals surface area (Å²) >= 11 is 6.83. The van der Waals surface area contributed by atoms with Crippen LogP contribution >= 0.6 is 45.4 Å². The van der Waals surface area contributed by atoms with E-state index in [-0.39, 0.29) is 36.9 Å². The molecule has 0 saturated heterocycles. The summed E-state index contributed by atoms with van der Waals surface area (Å²) in [7, 11) is 0. The van der Waals surface area contributed by atoms with Crippen molar-refractivity contribution in [3.8, 4) is 11.5 Å². The van der Waals surface area contributed by atoms with Crippen LogP contribution in [-0.4, -0.2) is 21.7 Å². The van der Waals surface area contributed by atoms with Gasteiger partial charge in [0.2, 0.25) is 0 Å². The van der Waals surface area contributed by atoms with Gasteiger partial charge in [0.25, 0.3) is 0 Å². The van der Waals surface area contributed by atoms with E-state index in [2.05, 4.69) is 42.9 Å². The van der Waals surface area contributed by atoms with Crippen LogP contribution in [0.3, 0.4) is 0 Å². The van der Waals surface area contributed by atoms with Crippen molar-refractivity contribution in [1.82, 2.24) is 4.98 Å². The molecule has 5 rings (SSSR count).